The minimum atomic E-state index is -0.883. The Morgan fingerprint density at radius 2 is 1.48 bits per heavy atom. The fourth-order valence-electron chi connectivity index (χ4n) is 4.51. The summed E-state index contributed by atoms with van der Waals surface area (Å²) >= 11 is 0. The Morgan fingerprint density at radius 3 is 2.40 bits per heavy atom. The normalized spacial score (nSPS) is 27.4. The first-order chi connectivity index (χ1) is 12.2. The number of fused-ring (bicyclic) bond motifs is 9. The van der Waals surface area contributed by atoms with Gasteiger partial charge in [-0.05, 0) is 43.4 Å². The minimum Gasteiger partial charge on any atom is -0.387 e. The average Bonchev–Trinajstić information content (AvgIpc) is 3.45. The number of hydrogen-bond donors (Lipinski definition) is 2. The van der Waals surface area contributed by atoms with E-state index in [9.17, 15) is 10.2 Å². The van der Waals surface area contributed by atoms with Gasteiger partial charge in [-0.25, -0.2) is 0 Å². The molecular weight excluding hydrogens is 312 g/mol. The van der Waals surface area contributed by atoms with Gasteiger partial charge in [0.1, 0.15) is 24.4 Å². The minimum absolute atomic E-state index is 0.107. The summed E-state index contributed by atoms with van der Waals surface area (Å²) in [6.45, 7) is 0. The van der Waals surface area contributed by atoms with Gasteiger partial charge < -0.3 is 14.9 Å². The molecule has 25 heavy (non-hydrogen) atoms. The number of ether oxygens (including phenoxy) is 1. The third-order valence-electron chi connectivity index (χ3n) is 5.77. The highest BCUT2D eigenvalue weighted by atomic mass is 16.6. The van der Waals surface area contributed by atoms with Crippen LogP contribution in [0.4, 0.5) is 0 Å². The van der Waals surface area contributed by atoms with Crippen molar-refractivity contribution in [3.05, 3.63) is 71.8 Å². The number of hydrogen-bond acceptors (Lipinski definition) is 3. The quantitative estimate of drug-likeness (QED) is 0.379. The highest BCUT2D eigenvalue weighted by Gasteiger charge is 2.54. The Bertz CT molecular complexity index is 1180. The fraction of sp³-hybridized carbons (Fsp3) is 0.182. The predicted octanol–water partition coefficient (Wildman–Crippen LogP) is 3.99. The highest BCUT2D eigenvalue weighted by molar-refractivity contribution is 6.20. The molecule has 122 valence electrons. The molecule has 4 aromatic carbocycles. The molecule has 0 aromatic heterocycles. The van der Waals surface area contributed by atoms with Gasteiger partial charge in [-0.1, -0.05) is 60.7 Å². The van der Waals surface area contributed by atoms with Crippen LogP contribution in [0, 0.1) is 0 Å². The van der Waals surface area contributed by atoms with Crippen LogP contribution in [0.25, 0.3) is 32.3 Å². The fourth-order valence-corrected chi connectivity index (χ4v) is 4.51. The second-order valence-electron chi connectivity index (χ2n) is 7.07. The first-order valence-corrected chi connectivity index (χ1v) is 8.62. The van der Waals surface area contributed by atoms with Crippen molar-refractivity contribution in [2.75, 3.05) is 0 Å². The van der Waals surface area contributed by atoms with E-state index in [1.54, 1.807) is 0 Å². The van der Waals surface area contributed by atoms with Crippen LogP contribution in [0.1, 0.15) is 23.3 Å². The van der Waals surface area contributed by atoms with E-state index >= 15 is 0 Å². The van der Waals surface area contributed by atoms with Crippen LogP contribution >= 0.6 is 0 Å². The van der Waals surface area contributed by atoms with Crippen molar-refractivity contribution in [3.8, 4) is 0 Å². The number of aliphatic hydroxyl groups excluding tert-OH is 2. The lowest BCUT2D eigenvalue weighted by Gasteiger charge is -2.24. The van der Waals surface area contributed by atoms with E-state index in [1.165, 1.54) is 26.9 Å². The van der Waals surface area contributed by atoms with Gasteiger partial charge in [-0.2, -0.15) is 0 Å². The van der Waals surface area contributed by atoms with E-state index in [1.807, 2.05) is 6.07 Å². The van der Waals surface area contributed by atoms with Crippen molar-refractivity contribution in [1.82, 2.24) is 0 Å². The van der Waals surface area contributed by atoms with Crippen LogP contribution in [0.15, 0.2) is 60.7 Å². The summed E-state index contributed by atoms with van der Waals surface area (Å²) in [4.78, 5) is 0. The molecule has 0 bridgehead atoms. The summed E-state index contributed by atoms with van der Waals surface area (Å²) in [7, 11) is 0. The molecule has 1 saturated heterocycles. The molecule has 1 fully saturated rings. The monoisotopic (exact) mass is 328 g/mol. The van der Waals surface area contributed by atoms with Crippen molar-refractivity contribution < 1.29 is 14.9 Å². The largest absolute Gasteiger partial charge is 0.387 e. The Morgan fingerprint density at radius 1 is 0.720 bits per heavy atom. The van der Waals surface area contributed by atoms with E-state index in [0.717, 1.165) is 16.5 Å². The van der Waals surface area contributed by atoms with Gasteiger partial charge >= 0.3 is 0 Å². The zero-order valence-corrected chi connectivity index (χ0v) is 13.4. The SMILES string of the molecule is O[C@H]1[C@H]2O[C@H]2c2c(ccc3c2ccc2ccc4ccccc4c23)[C@@H]1O. The molecule has 3 heteroatoms. The van der Waals surface area contributed by atoms with Crippen molar-refractivity contribution >= 4 is 32.3 Å². The molecule has 1 heterocycles. The third kappa shape index (κ3) is 1.70. The second kappa shape index (κ2) is 4.58. The van der Waals surface area contributed by atoms with E-state index in [4.69, 9.17) is 4.74 Å². The number of aliphatic hydroxyl groups is 2. The van der Waals surface area contributed by atoms with Gasteiger partial charge in [0.25, 0.3) is 0 Å². The highest BCUT2D eigenvalue weighted by Crippen LogP contribution is 2.53. The molecule has 0 radical (unpaired) electrons. The molecule has 0 amide bonds. The molecule has 1 aliphatic heterocycles. The summed E-state index contributed by atoms with van der Waals surface area (Å²) in [6, 6.07) is 21.0. The van der Waals surface area contributed by atoms with E-state index in [2.05, 4.69) is 54.6 Å². The molecule has 2 N–H and O–H groups in total. The maximum Gasteiger partial charge on any atom is 0.118 e. The van der Waals surface area contributed by atoms with Crippen molar-refractivity contribution in [2.45, 2.75) is 24.4 Å². The Hall–Kier alpha value is -2.46. The molecular formula is C22H16O3. The molecule has 0 unspecified atom stereocenters. The molecule has 2 aliphatic rings. The van der Waals surface area contributed by atoms with E-state index in [0.29, 0.717) is 0 Å². The van der Waals surface area contributed by atoms with E-state index < -0.39 is 12.2 Å². The van der Waals surface area contributed by atoms with Gasteiger partial charge in [-0.15, -0.1) is 0 Å². The smallest absolute Gasteiger partial charge is 0.118 e. The maximum absolute atomic E-state index is 10.4. The van der Waals surface area contributed by atoms with Crippen molar-refractivity contribution in [1.29, 1.82) is 0 Å². The Labute approximate surface area is 144 Å². The van der Waals surface area contributed by atoms with Gasteiger partial charge in [0, 0.05) is 0 Å². The third-order valence-corrected chi connectivity index (χ3v) is 5.77. The van der Waals surface area contributed by atoms with Crippen LogP contribution in [-0.4, -0.2) is 22.4 Å². The lowest BCUT2D eigenvalue weighted by Crippen LogP contribution is -2.29. The van der Waals surface area contributed by atoms with Crippen molar-refractivity contribution in [3.63, 3.8) is 0 Å². The van der Waals surface area contributed by atoms with Crippen LogP contribution in [0.5, 0.6) is 0 Å². The standard InChI is InChI=1S/C22H16O3/c23-19-16-10-9-14-15(18(16)21-22(25-21)20(19)24)8-7-12-6-5-11-3-1-2-4-13(11)17(12)14/h1-10,19-24H/t19-,20+,21-,22+/m0/s1. The van der Waals surface area contributed by atoms with Crippen LogP contribution in [0.3, 0.4) is 0 Å². The summed E-state index contributed by atoms with van der Waals surface area (Å²) in [5, 5.41) is 27.8. The van der Waals surface area contributed by atoms with Gasteiger partial charge in [0.2, 0.25) is 0 Å². The lowest BCUT2D eigenvalue weighted by atomic mass is 9.83. The Kier molecular flexibility index (Phi) is 2.53. The van der Waals surface area contributed by atoms with Crippen LogP contribution < -0.4 is 0 Å². The first kappa shape index (κ1) is 13.8. The Balaban J connectivity index is 1.78. The predicted molar refractivity (Wildman–Crippen MR) is 97.5 cm³/mol. The second-order valence-corrected chi connectivity index (χ2v) is 7.07. The average molecular weight is 328 g/mol. The zero-order valence-electron chi connectivity index (χ0n) is 13.4. The molecule has 6 rings (SSSR count). The maximum atomic E-state index is 10.4. The van der Waals surface area contributed by atoms with Gasteiger partial charge in [0.15, 0.2) is 0 Å². The van der Waals surface area contributed by atoms with Crippen LogP contribution in [0.2, 0.25) is 0 Å². The summed E-state index contributed by atoms with van der Waals surface area (Å²) in [5.74, 6) is 0. The topological polar surface area (TPSA) is 53.0 Å². The number of epoxide rings is 1. The number of benzene rings is 4. The first-order valence-electron chi connectivity index (χ1n) is 8.62. The molecule has 3 nitrogen and oxygen atoms in total. The summed E-state index contributed by atoms with van der Waals surface area (Å²) < 4.78 is 5.68. The van der Waals surface area contributed by atoms with E-state index in [-0.39, 0.29) is 12.2 Å². The molecule has 4 aromatic rings. The summed E-state index contributed by atoms with van der Waals surface area (Å²) in [6.07, 6.45) is -2.11. The molecule has 1 aliphatic carbocycles. The lowest BCUT2D eigenvalue weighted by molar-refractivity contribution is 0.000106. The van der Waals surface area contributed by atoms with Crippen molar-refractivity contribution in [2.24, 2.45) is 0 Å². The molecule has 0 spiro atoms. The van der Waals surface area contributed by atoms with Crippen LogP contribution in [-0.2, 0) is 4.74 Å². The number of rotatable bonds is 0. The summed E-state index contributed by atoms with van der Waals surface area (Å²) in [5.41, 5.74) is 1.83. The van der Waals surface area contributed by atoms with Gasteiger partial charge in [-0.3, -0.25) is 0 Å². The molecule has 4 atom stereocenters. The van der Waals surface area contributed by atoms with Gasteiger partial charge in [0.05, 0.1) is 0 Å². The molecule has 0 saturated carbocycles. The zero-order chi connectivity index (χ0) is 16.7.